The number of nitrogens with zero attached hydrogens (tertiary/aromatic N) is 2. The first-order chi connectivity index (χ1) is 10.4. The lowest BCUT2D eigenvalue weighted by Gasteiger charge is -2.30. The smallest absolute Gasteiger partial charge is 0.328 e. The van der Waals surface area contributed by atoms with Crippen molar-refractivity contribution >= 4 is 5.91 Å². The molecule has 122 valence electrons. The SMILES string of the molecule is O=C(CN1CCNCC1)N(Cc1ccccc1)CC(F)(F)F. The van der Waals surface area contributed by atoms with E-state index in [2.05, 4.69) is 5.32 Å². The van der Waals surface area contributed by atoms with E-state index in [0.29, 0.717) is 18.7 Å². The molecular formula is C15H20F3N3O. The van der Waals surface area contributed by atoms with E-state index in [0.717, 1.165) is 18.0 Å². The van der Waals surface area contributed by atoms with E-state index < -0.39 is 18.6 Å². The lowest BCUT2D eigenvalue weighted by atomic mass is 10.2. The number of piperazine rings is 1. The summed E-state index contributed by atoms with van der Waals surface area (Å²) < 4.78 is 38.2. The normalized spacial score (nSPS) is 16.5. The quantitative estimate of drug-likeness (QED) is 0.894. The maximum atomic E-state index is 12.7. The van der Waals surface area contributed by atoms with Gasteiger partial charge in [-0.2, -0.15) is 13.2 Å². The van der Waals surface area contributed by atoms with Crippen LogP contribution in [0, 0.1) is 0 Å². The lowest BCUT2D eigenvalue weighted by Crippen LogP contribution is -2.49. The zero-order valence-corrected chi connectivity index (χ0v) is 12.3. The van der Waals surface area contributed by atoms with Gasteiger partial charge in [-0.3, -0.25) is 9.69 Å². The van der Waals surface area contributed by atoms with Gasteiger partial charge in [-0.05, 0) is 5.56 Å². The van der Waals surface area contributed by atoms with Crippen molar-refractivity contribution in [3.05, 3.63) is 35.9 Å². The van der Waals surface area contributed by atoms with E-state index in [1.54, 1.807) is 30.3 Å². The third kappa shape index (κ3) is 5.65. The highest BCUT2D eigenvalue weighted by Gasteiger charge is 2.33. The molecule has 1 heterocycles. The molecule has 1 aromatic rings. The molecule has 0 unspecified atom stereocenters. The van der Waals surface area contributed by atoms with Crippen LogP contribution in [-0.2, 0) is 11.3 Å². The molecule has 7 heteroatoms. The van der Waals surface area contributed by atoms with Crippen LogP contribution < -0.4 is 5.32 Å². The molecule has 22 heavy (non-hydrogen) atoms. The molecule has 1 saturated heterocycles. The average molecular weight is 315 g/mol. The molecule has 0 aliphatic carbocycles. The van der Waals surface area contributed by atoms with Gasteiger partial charge in [0, 0.05) is 32.7 Å². The molecule has 4 nitrogen and oxygen atoms in total. The van der Waals surface area contributed by atoms with Crippen molar-refractivity contribution in [1.82, 2.24) is 15.1 Å². The fourth-order valence-electron chi connectivity index (χ4n) is 2.41. The Balaban J connectivity index is 2.00. The van der Waals surface area contributed by atoms with Crippen LogP contribution in [0.4, 0.5) is 13.2 Å². The summed E-state index contributed by atoms with van der Waals surface area (Å²) >= 11 is 0. The fraction of sp³-hybridized carbons (Fsp3) is 0.533. The summed E-state index contributed by atoms with van der Waals surface area (Å²) in [5.74, 6) is -0.483. The van der Waals surface area contributed by atoms with Gasteiger partial charge in [-0.25, -0.2) is 0 Å². The zero-order chi connectivity index (χ0) is 16.0. The number of hydrogen-bond acceptors (Lipinski definition) is 3. The Hall–Kier alpha value is -1.60. The summed E-state index contributed by atoms with van der Waals surface area (Å²) in [6, 6.07) is 8.74. The second-order valence-corrected chi connectivity index (χ2v) is 5.38. The lowest BCUT2D eigenvalue weighted by molar-refractivity contribution is -0.163. The summed E-state index contributed by atoms with van der Waals surface area (Å²) in [5.41, 5.74) is 0.695. The van der Waals surface area contributed by atoms with Gasteiger partial charge in [0.05, 0.1) is 6.54 Å². The Morgan fingerprint density at radius 3 is 2.41 bits per heavy atom. The second-order valence-electron chi connectivity index (χ2n) is 5.38. The Morgan fingerprint density at radius 2 is 1.82 bits per heavy atom. The second kappa shape index (κ2) is 7.60. The molecule has 1 fully saturated rings. The fourth-order valence-corrected chi connectivity index (χ4v) is 2.41. The molecule has 1 amide bonds. The van der Waals surface area contributed by atoms with Crippen molar-refractivity contribution in [2.24, 2.45) is 0 Å². The molecule has 0 bridgehead atoms. The number of hydrogen-bond donors (Lipinski definition) is 1. The van der Waals surface area contributed by atoms with E-state index in [1.165, 1.54) is 0 Å². The molecule has 0 saturated carbocycles. The van der Waals surface area contributed by atoms with E-state index in [1.807, 2.05) is 4.90 Å². The van der Waals surface area contributed by atoms with Gasteiger partial charge in [-0.1, -0.05) is 30.3 Å². The molecular weight excluding hydrogens is 295 g/mol. The van der Waals surface area contributed by atoms with Crippen molar-refractivity contribution in [2.45, 2.75) is 12.7 Å². The number of carbonyl (C=O) groups excluding carboxylic acids is 1. The predicted octanol–water partition coefficient (Wildman–Crippen LogP) is 1.48. The van der Waals surface area contributed by atoms with Gasteiger partial charge in [0.1, 0.15) is 6.54 Å². The first kappa shape index (κ1) is 16.8. The van der Waals surface area contributed by atoms with E-state index in [-0.39, 0.29) is 13.1 Å². The number of halogens is 3. The number of alkyl halides is 3. The molecule has 1 N–H and O–H groups in total. The third-order valence-electron chi connectivity index (χ3n) is 3.51. The van der Waals surface area contributed by atoms with Gasteiger partial charge in [-0.15, -0.1) is 0 Å². The Bertz CT molecular complexity index is 473. The predicted molar refractivity (Wildman–Crippen MR) is 77.2 cm³/mol. The van der Waals surface area contributed by atoms with Crippen molar-refractivity contribution < 1.29 is 18.0 Å². The van der Waals surface area contributed by atoms with Gasteiger partial charge in [0.15, 0.2) is 0 Å². The average Bonchev–Trinajstić information content (AvgIpc) is 2.47. The third-order valence-corrected chi connectivity index (χ3v) is 3.51. The van der Waals surface area contributed by atoms with Crippen LogP contribution in [0.3, 0.4) is 0 Å². The summed E-state index contributed by atoms with van der Waals surface area (Å²) in [6.45, 7) is 1.66. The minimum Gasteiger partial charge on any atom is -0.328 e. The highest BCUT2D eigenvalue weighted by Crippen LogP contribution is 2.18. The van der Waals surface area contributed by atoms with Crippen molar-refractivity contribution in [2.75, 3.05) is 39.3 Å². The molecule has 0 spiro atoms. The first-order valence-electron chi connectivity index (χ1n) is 7.25. The van der Waals surface area contributed by atoms with Crippen LogP contribution in [0.1, 0.15) is 5.56 Å². The summed E-state index contributed by atoms with van der Waals surface area (Å²) in [7, 11) is 0. The van der Waals surface area contributed by atoms with Crippen LogP contribution in [-0.4, -0.2) is 61.2 Å². The topological polar surface area (TPSA) is 35.6 Å². The number of benzene rings is 1. The van der Waals surface area contributed by atoms with Crippen molar-refractivity contribution in [3.8, 4) is 0 Å². The Labute approximate surface area is 127 Å². The molecule has 1 aliphatic heterocycles. The monoisotopic (exact) mass is 315 g/mol. The number of rotatable bonds is 5. The highest BCUT2D eigenvalue weighted by molar-refractivity contribution is 5.78. The zero-order valence-electron chi connectivity index (χ0n) is 12.3. The molecule has 0 radical (unpaired) electrons. The van der Waals surface area contributed by atoms with Crippen LogP contribution >= 0.6 is 0 Å². The minimum absolute atomic E-state index is 0.0225. The largest absolute Gasteiger partial charge is 0.406 e. The number of nitrogens with one attached hydrogen (secondary N) is 1. The van der Waals surface area contributed by atoms with E-state index >= 15 is 0 Å². The summed E-state index contributed by atoms with van der Waals surface area (Å²) in [5, 5.41) is 3.15. The highest BCUT2D eigenvalue weighted by atomic mass is 19.4. The standard InChI is InChI=1S/C15H20F3N3O/c16-15(17,18)12-21(10-13-4-2-1-3-5-13)14(22)11-20-8-6-19-7-9-20/h1-5,19H,6-12H2. The Kier molecular flexibility index (Phi) is 5.79. The van der Waals surface area contributed by atoms with Crippen LogP contribution in [0.5, 0.6) is 0 Å². The van der Waals surface area contributed by atoms with Gasteiger partial charge < -0.3 is 10.2 Å². The summed E-state index contributed by atoms with van der Waals surface area (Å²) in [4.78, 5) is 15.0. The Morgan fingerprint density at radius 1 is 1.18 bits per heavy atom. The first-order valence-corrected chi connectivity index (χ1v) is 7.25. The van der Waals surface area contributed by atoms with E-state index in [4.69, 9.17) is 0 Å². The van der Waals surface area contributed by atoms with Crippen molar-refractivity contribution in [3.63, 3.8) is 0 Å². The van der Waals surface area contributed by atoms with Crippen LogP contribution in [0.2, 0.25) is 0 Å². The van der Waals surface area contributed by atoms with Crippen LogP contribution in [0.25, 0.3) is 0 Å². The van der Waals surface area contributed by atoms with Gasteiger partial charge in [0.2, 0.25) is 5.91 Å². The van der Waals surface area contributed by atoms with Crippen molar-refractivity contribution in [1.29, 1.82) is 0 Å². The molecule has 1 aromatic carbocycles. The number of amides is 1. The molecule has 0 aromatic heterocycles. The summed E-state index contributed by atoms with van der Waals surface area (Å²) in [6.07, 6.45) is -4.39. The molecule has 0 atom stereocenters. The van der Waals surface area contributed by atoms with E-state index in [9.17, 15) is 18.0 Å². The maximum Gasteiger partial charge on any atom is 0.406 e. The molecule has 1 aliphatic rings. The maximum absolute atomic E-state index is 12.7. The van der Waals surface area contributed by atoms with Gasteiger partial charge >= 0.3 is 6.18 Å². The number of carbonyl (C=O) groups is 1. The van der Waals surface area contributed by atoms with Gasteiger partial charge in [0.25, 0.3) is 0 Å². The molecule has 2 rings (SSSR count). The van der Waals surface area contributed by atoms with Crippen LogP contribution in [0.15, 0.2) is 30.3 Å². The minimum atomic E-state index is -4.39.